The van der Waals surface area contributed by atoms with Gasteiger partial charge in [-0.2, -0.15) is 4.31 Å². The lowest BCUT2D eigenvalue weighted by Crippen LogP contribution is -2.41. The molecule has 0 aromatic heterocycles. The standard InChI is InChI=1S/C22H27N3O5S/c1-17-4-2-3-5-20(17)23-22(26)19-16-18(31(27,28)25-10-14-30-15-11-25)6-7-21(19)24-8-12-29-13-9-24/h2-7,16H,8-15H2,1H3,(H,23,26). The number of morpholine rings is 2. The molecule has 2 aromatic rings. The van der Waals surface area contributed by atoms with Gasteiger partial charge in [0.05, 0.1) is 36.9 Å². The summed E-state index contributed by atoms with van der Waals surface area (Å²) < 4.78 is 38.5. The maximum atomic E-state index is 13.3. The second kappa shape index (κ2) is 9.35. The highest BCUT2D eigenvalue weighted by Gasteiger charge is 2.29. The minimum absolute atomic E-state index is 0.112. The van der Waals surface area contributed by atoms with E-state index in [1.165, 1.54) is 10.4 Å². The quantitative estimate of drug-likeness (QED) is 0.758. The van der Waals surface area contributed by atoms with Crippen molar-refractivity contribution < 1.29 is 22.7 Å². The van der Waals surface area contributed by atoms with Crippen LogP contribution < -0.4 is 10.2 Å². The molecular weight excluding hydrogens is 418 g/mol. The zero-order valence-corrected chi connectivity index (χ0v) is 18.4. The Balaban J connectivity index is 1.71. The SMILES string of the molecule is Cc1ccccc1NC(=O)c1cc(S(=O)(=O)N2CCOCC2)ccc1N1CCOCC1. The Bertz CT molecular complexity index is 1040. The number of hydrogen-bond donors (Lipinski definition) is 1. The fraction of sp³-hybridized carbons (Fsp3) is 0.409. The van der Waals surface area contributed by atoms with E-state index in [1.54, 1.807) is 12.1 Å². The number of sulfonamides is 1. The number of hydrogen-bond acceptors (Lipinski definition) is 6. The van der Waals surface area contributed by atoms with Gasteiger partial charge in [-0.25, -0.2) is 8.42 Å². The van der Waals surface area contributed by atoms with E-state index in [4.69, 9.17) is 9.47 Å². The van der Waals surface area contributed by atoms with E-state index >= 15 is 0 Å². The lowest BCUT2D eigenvalue weighted by molar-refractivity contribution is 0.0730. The number of rotatable bonds is 5. The summed E-state index contributed by atoms with van der Waals surface area (Å²) in [6.45, 7) is 5.66. The molecule has 2 fully saturated rings. The number of para-hydroxylation sites is 1. The topological polar surface area (TPSA) is 88.2 Å². The van der Waals surface area contributed by atoms with E-state index in [-0.39, 0.29) is 10.8 Å². The summed E-state index contributed by atoms with van der Waals surface area (Å²) in [5.74, 6) is -0.338. The average Bonchev–Trinajstić information content (AvgIpc) is 2.81. The van der Waals surface area contributed by atoms with E-state index < -0.39 is 10.0 Å². The summed E-state index contributed by atoms with van der Waals surface area (Å²) in [6, 6.07) is 12.3. The van der Waals surface area contributed by atoms with Gasteiger partial charge >= 0.3 is 0 Å². The molecule has 2 aromatic carbocycles. The number of nitrogens with zero attached hydrogens (tertiary/aromatic N) is 2. The summed E-state index contributed by atoms with van der Waals surface area (Å²) in [5.41, 5.74) is 2.66. The molecule has 9 heteroatoms. The molecule has 31 heavy (non-hydrogen) atoms. The number of amides is 1. The van der Waals surface area contributed by atoms with Crippen LogP contribution in [0.15, 0.2) is 47.4 Å². The third-order valence-corrected chi connectivity index (χ3v) is 7.46. The molecule has 0 atom stereocenters. The number of ether oxygens (including phenoxy) is 2. The molecule has 2 heterocycles. The van der Waals surface area contributed by atoms with Gasteiger partial charge in [0, 0.05) is 37.6 Å². The Morgan fingerprint density at radius 3 is 2.26 bits per heavy atom. The molecule has 0 radical (unpaired) electrons. The summed E-state index contributed by atoms with van der Waals surface area (Å²) in [5, 5.41) is 2.94. The van der Waals surface area contributed by atoms with Crippen molar-refractivity contribution in [3.05, 3.63) is 53.6 Å². The summed E-state index contributed by atoms with van der Waals surface area (Å²) >= 11 is 0. The first-order chi connectivity index (χ1) is 15.0. The fourth-order valence-electron chi connectivity index (χ4n) is 3.78. The first-order valence-electron chi connectivity index (χ1n) is 10.4. The van der Waals surface area contributed by atoms with Crippen LogP contribution in [-0.2, 0) is 19.5 Å². The Morgan fingerprint density at radius 2 is 1.58 bits per heavy atom. The molecule has 2 saturated heterocycles. The Labute approximate surface area is 182 Å². The smallest absolute Gasteiger partial charge is 0.257 e. The van der Waals surface area contributed by atoms with Crippen molar-refractivity contribution in [1.82, 2.24) is 4.31 Å². The predicted octanol–water partition coefficient (Wildman–Crippen LogP) is 2.10. The van der Waals surface area contributed by atoms with E-state index in [9.17, 15) is 13.2 Å². The molecule has 0 aliphatic carbocycles. The summed E-state index contributed by atoms with van der Waals surface area (Å²) in [7, 11) is -3.72. The molecule has 4 rings (SSSR count). The molecule has 0 spiro atoms. The van der Waals surface area contributed by atoms with E-state index in [0.29, 0.717) is 69.5 Å². The van der Waals surface area contributed by atoms with Crippen molar-refractivity contribution in [1.29, 1.82) is 0 Å². The minimum atomic E-state index is -3.72. The van der Waals surface area contributed by atoms with E-state index in [0.717, 1.165) is 5.56 Å². The monoisotopic (exact) mass is 445 g/mol. The van der Waals surface area contributed by atoms with Crippen molar-refractivity contribution in [2.45, 2.75) is 11.8 Å². The second-order valence-electron chi connectivity index (χ2n) is 7.56. The normalized spacial score (nSPS) is 18.0. The highest BCUT2D eigenvalue weighted by Crippen LogP contribution is 2.28. The number of benzene rings is 2. The number of aryl methyl sites for hydroxylation is 1. The molecule has 0 unspecified atom stereocenters. The van der Waals surface area contributed by atoms with Crippen molar-refractivity contribution in [2.75, 3.05) is 62.8 Å². The van der Waals surface area contributed by atoms with Gasteiger partial charge < -0.3 is 19.7 Å². The van der Waals surface area contributed by atoms with Crippen molar-refractivity contribution in [3.8, 4) is 0 Å². The van der Waals surface area contributed by atoms with Crippen LogP contribution in [0.3, 0.4) is 0 Å². The van der Waals surface area contributed by atoms with Gasteiger partial charge in [0.1, 0.15) is 0 Å². The van der Waals surface area contributed by atoms with Crippen LogP contribution in [0.1, 0.15) is 15.9 Å². The van der Waals surface area contributed by atoms with Gasteiger partial charge in [-0.05, 0) is 36.8 Å². The molecule has 1 N–H and O–H groups in total. The maximum Gasteiger partial charge on any atom is 0.257 e. The van der Waals surface area contributed by atoms with Crippen LogP contribution in [0, 0.1) is 6.92 Å². The van der Waals surface area contributed by atoms with Crippen LogP contribution in [0.25, 0.3) is 0 Å². The first kappa shape index (κ1) is 21.8. The van der Waals surface area contributed by atoms with Gasteiger partial charge in [-0.1, -0.05) is 18.2 Å². The predicted molar refractivity (Wildman–Crippen MR) is 118 cm³/mol. The summed E-state index contributed by atoms with van der Waals surface area (Å²) in [6.07, 6.45) is 0. The summed E-state index contributed by atoms with van der Waals surface area (Å²) in [4.78, 5) is 15.5. The van der Waals surface area contributed by atoms with Crippen molar-refractivity contribution in [3.63, 3.8) is 0 Å². The molecule has 8 nitrogen and oxygen atoms in total. The number of carbonyl (C=O) groups excluding carboxylic acids is 1. The lowest BCUT2D eigenvalue weighted by Gasteiger charge is -2.31. The number of anilines is 2. The van der Waals surface area contributed by atoms with Crippen molar-refractivity contribution >= 4 is 27.3 Å². The van der Waals surface area contributed by atoms with Gasteiger partial charge in [0.25, 0.3) is 5.91 Å². The Morgan fingerprint density at radius 1 is 0.935 bits per heavy atom. The van der Waals surface area contributed by atoms with Crippen LogP contribution in [0.5, 0.6) is 0 Å². The molecule has 0 saturated carbocycles. The molecule has 1 amide bonds. The fourth-order valence-corrected chi connectivity index (χ4v) is 5.21. The van der Waals surface area contributed by atoms with Crippen LogP contribution in [0.2, 0.25) is 0 Å². The minimum Gasteiger partial charge on any atom is -0.379 e. The van der Waals surface area contributed by atoms with E-state index in [1.807, 2.05) is 31.2 Å². The largest absolute Gasteiger partial charge is 0.379 e. The van der Waals surface area contributed by atoms with Gasteiger partial charge in [-0.15, -0.1) is 0 Å². The maximum absolute atomic E-state index is 13.3. The number of nitrogens with one attached hydrogen (secondary N) is 1. The first-order valence-corrected chi connectivity index (χ1v) is 11.8. The molecule has 166 valence electrons. The molecular formula is C22H27N3O5S. The molecule has 0 bridgehead atoms. The zero-order valence-electron chi connectivity index (χ0n) is 17.5. The van der Waals surface area contributed by atoms with Gasteiger partial charge in [0.2, 0.25) is 10.0 Å². The van der Waals surface area contributed by atoms with Crippen LogP contribution >= 0.6 is 0 Å². The Kier molecular flexibility index (Phi) is 6.57. The average molecular weight is 446 g/mol. The zero-order chi connectivity index (χ0) is 21.8. The third-order valence-electron chi connectivity index (χ3n) is 5.57. The van der Waals surface area contributed by atoms with Crippen LogP contribution in [-0.4, -0.2) is 71.2 Å². The van der Waals surface area contributed by atoms with E-state index in [2.05, 4.69) is 10.2 Å². The molecule has 2 aliphatic heterocycles. The third kappa shape index (κ3) is 4.74. The lowest BCUT2D eigenvalue weighted by atomic mass is 10.1. The Hall–Kier alpha value is -2.46. The van der Waals surface area contributed by atoms with Gasteiger partial charge in [-0.3, -0.25) is 4.79 Å². The van der Waals surface area contributed by atoms with Gasteiger partial charge in [0.15, 0.2) is 0 Å². The second-order valence-corrected chi connectivity index (χ2v) is 9.50. The highest BCUT2D eigenvalue weighted by atomic mass is 32.2. The molecule has 2 aliphatic rings. The van der Waals surface area contributed by atoms with Crippen LogP contribution in [0.4, 0.5) is 11.4 Å². The highest BCUT2D eigenvalue weighted by molar-refractivity contribution is 7.89. The number of carbonyl (C=O) groups is 1. The van der Waals surface area contributed by atoms with Crippen molar-refractivity contribution in [2.24, 2.45) is 0 Å².